The smallest absolute Gasteiger partial charge is 0.327 e. The fourth-order valence-corrected chi connectivity index (χ4v) is 8.52. The SMILES string of the molecule is O=C1OC2CC3(C(=O)NCCO)C(ON(Cc4cccc(C=CCOC5OC(CO)C(O)C(O)C5O)c4)C13)C1OC(C3CC3)(C3CC3)OC21. The van der Waals surface area contributed by atoms with Gasteiger partial charge in [-0.1, -0.05) is 36.4 Å². The fourth-order valence-electron chi connectivity index (χ4n) is 8.52. The standard InChI is InChI=1S/C34H44N2O13/c37-11-10-35-32(43)33-14-21-26-27(48-34(47-26,19-6-7-19)20-8-9-20)29(33)49-36(28(33)30(42)45-21)15-18-4-1-3-17(13-18)5-2-12-44-31-25(41)24(40)23(39)22(16-38)46-31/h1-5,13,19-29,31,37-41H,6-12,14-16H2,(H,35,43). The molecule has 4 aliphatic heterocycles. The van der Waals surface area contributed by atoms with Gasteiger partial charge in [0.1, 0.15) is 54.2 Å². The normalized spacial score (nSPS) is 41.1. The van der Waals surface area contributed by atoms with E-state index >= 15 is 0 Å². The number of hydrogen-bond acceptors (Lipinski definition) is 14. The van der Waals surface area contributed by atoms with Gasteiger partial charge in [0.15, 0.2) is 18.1 Å². The van der Waals surface area contributed by atoms with Crippen molar-refractivity contribution in [2.45, 2.75) is 106 Å². The molecule has 8 rings (SSSR count). The van der Waals surface area contributed by atoms with Gasteiger partial charge in [-0.15, -0.1) is 0 Å². The third kappa shape index (κ3) is 5.63. The second kappa shape index (κ2) is 12.9. The minimum atomic E-state index is -1.53. The van der Waals surface area contributed by atoms with E-state index in [9.17, 15) is 35.1 Å². The summed E-state index contributed by atoms with van der Waals surface area (Å²) in [6.45, 7) is -0.604. The lowest BCUT2D eigenvalue weighted by Crippen LogP contribution is -2.69. The molecule has 0 spiro atoms. The first-order valence-corrected chi connectivity index (χ1v) is 17.3. The van der Waals surface area contributed by atoms with Crippen molar-refractivity contribution in [2.75, 3.05) is 26.4 Å². The van der Waals surface area contributed by atoms with E-state index in [1.165, 1.54) is 5.06 Å². The van der Waals surface area contributed by atoms with Crippen LogP contribution in [0.1, 0.15) is 43.2 Å². The predicted octanol–water partition coefficient (Wildman–Crippen LogP) is -1.27. The lowest BCUT2D eigenvalue weighted by atomic mass is 9.62. The van der Waals surface area contributed by atoms with E-state index < -0.39 is 84.9 Å². The number of ether oxygens (including phenoxy) is 5. The number of nitrogens with zero attached hydrogens (tertiary/aromatic N) is 1. The summed E-state index contributed by atoms with van der Waals surface area (Å²) in [4.78, 5) is 34.4. The highest BCUT2D eigenvalue weighted by molar-refractivity contribution is 5.93. The predicted molar refractivity (Wildman–Crippen MR) is 164 cm³/mol. The van der Waals surface area contributed by atoms with E-state index in [2.05, 4.69) is 5.32 Å². The van der Waals surface area contributed by atoms with E-state index in [1.807, 2.05) is 24.3 Å². The summed E-state index contributed by atoms with van der Waals surface area (Å²) in [5.74, 6) is -1.15. The van der Waals surface area contributed by atoms with Crippen molar-refractivity contribution < 1.29 is 63.6 Å². The molecule has 15 heteroatoms. The average Bonchev–Trinajstić information content (AvgIpc) is 4.05. The Bertz CT molecular complexity index is 1440. The van der Waals surface area contributed by atoms with Crippen molar-refractivity contribution in [3.05, 3.63) is 41.5 Å². The highest BCUT2D eigenvalue weighted by Crippen LogP contribution is 2.63. The van der Waals surface area contributed by atoms with Crippen LogP contribution < -0.4 is 5.32 Å². The molecule has 1 amide bonds. The Morgan fingerprint density at radius 2 is 1.80 bits per heavy atom. The maximum absolute atomic E-state index is 14.0. The Labute approximate surface area is 282 Å². The van der Waals surface area contributed by atoms with Crippen LogP contribution in [0.4, 0.5) is 0 Å². The molecule has 7 aliphatic rings. The van der Waals surface area contributed by atoms with Crippen LogP contribution in [0.2, 0.25) is 0 Å². The molecule has 6 N–H and O–H groups in total. The van der Waals surface area contributed by atoms with Crippen LogP contribution in [0.15, 0.2) is 30.3 Å². The quantitative estimate of drug-likeness (QED) is 0.142. The maximum Gasteiger partial charge on any atom is 0.327 e. The summed E-state index contributed by atoms with van der Waals surface area (Å²) >= 11 is 0. The molecule has 1 aromatic rings. The number of hydroxylamine groups is 2. The van der Waals surface area contributed by atoms with Gasteiger partial charge in [0.25, 0.3) is 0 Å². The van der Waals surface area contributed by atoms with Crippen molar-refractivity contribution >= 4 is 18.0 Å². The highest BCUT2D eigenvalue weighted by Gasteiger charge is 2.78. The van der Waals surface area contributed by atoms with E-state index in [0.29, 0.717) is 0 Å². The number of carbonyl (C=O) groups excluding carboxylic acids is 2. The molecule has 268 valence electrons. The Morgan fingerprint density at radius 1 is 1.04 bits per heavy atom. The summed E-state index contributed by atoms with van der Waals surface area (Å²) in [6.07, 6.45) is -1.71. The third-order valence-electron chi connectivity index (χ3n) is 11.1. The van der Waals surface area contributed by atoms with Gasteiger partial charge in [-0.2, -0.15) is 5.06 Å². The van der Waals surface area contributed by atoms with Gasteiger partial charge in [0, 0.05) is 24.8 Å². The zero-order valence-corrected chi connectivity index (χ0v) is 26.9. The lowest BCUT2D eigenvalue weighted by molar-refractivity contribution is -0.298. The lowest BCUT2D eigenvalue weighted by Gasteiger charge is -2.48. The highest BCUT2D eigenvalue weighted by atomic mass is 16.8. The molecule has 0 aromatic heterocycles. The molecule has 11 unspecified atom stereocenters. The first kappa shape index (κ1) is 33.6. The first-order valence-electron chi connectivity index (χ1n) is 17.3. The van der Waals surface area contributed by atoms with Gasteiger partial charge in [-0.05, 0) is 36.8 Å². The van der Waals surface area contributed by atoms with Crippen LogP contribution in [0.3, 0.4) is 0 Å². The summed E-state index contributed by atoms with van der Waals surface area (Å²) in [7, 11) is 0. The Balaban J connectivity index is 1.00. The van der Waals surface area contributed by atoms with Crippen LogP contribution in [-0.4, -0.2) is 136 Å². The largest absolute Gasteiger partial charge is 0.458 e. The van der Waals surface area contributed by atoms with Gasteiger partial charge in [0.05, 0.1) is 26.4 Å². The van der Waals surface area contributed by atoms with Crippen LogP contribution in [0.5, 0.6) is 0 Å². The maximum atomic E-state index is 14.0. The second-order valence-corrected chi connectivity index (χ2v) is 14.3. The molecule has 7 fully saturated rings. The Hall–Kier alpha value is -2.54. The van der Waals surface area contributed by atoms with Gasteiger partial charge in [-0.25, -0.2) is 0 Å². The summed E-state index contributed by atoms with van der Waals surface area (Å²) in [5.41, 5.74) is 0.281. The van der Waals surface area contributed by atoms with Crippen molar-refractivity contribution in [3.63, 3.8) is 0 Å². The van der Waals surface area contributed by atoms with Crippen molar-refractivity contribution in [1.29, 1.82) is 0 Å². The molecule has 49 heavy (non-hydrogen) atoms. The summed E-state index contributed by atoms with van der Waals surface area (Å²) in [6, 6.07) is 6.45. The molecule has 1 aromatic carbocycles. The zero-order valence-electron chi connectivity index (χ0n) is 26.9. The molecule has 3 aliphatic carbocycles. The van der Waals surface area contributed by atoms with Crippen LogP contribution in [-0.2, 0) is 44.7 Å². The van der Waals surface area contributed by atoms with Crippen LogP contribution >= 0.6 is 0 Å². The number of rotatable bonds is 12. The van der Waals surface area contributed by atoms with Crippen LogP contribution in [0, 0.1) is 17.3 Å². The van der Waals surface area contributed by atoms with E-state index in [1.54, 1.807) is 12.2 Å². The monoisotopic (exact) mass is 688 g/mol. The molecule has 2 bridgehead atoms. The molecular formula is C34H44N2O13. The zero-order chi connectivity index (χ0) is 34.1. The van der Waals surface area contributed by atoms with Gasteiger partial charge in [-0.3, -0.25) is 14.4 Å². The van der Waals surface area contributed by atoms with Gasteiger partial charge in [0.2, 0.25) is 5.91 Å². The van der Waals surface area contributed by atoms with Gasteiger partial charge >= 0.3 is 5.97 Å². The van der Waals surface area contributed by atoms with Crippen molar-refractivity contribution in [3.8, 4) is 0 Å². The average molecular weight is 689 g/mol. The van der Waals surface area contributed by atoms with Crippen molar-refractivity contribution in [1.82, 2.24) is 10.4 Å². The number of esters is 1. The second-order valence-electron chi connectivity index (χ2n) is 14.3. The first-order chi connectivity index (χ1) is 23.7. The Morgan fingerprint density at radius 3 is 2.51 bits per heavy atom. The van der Waals surface area contributed by atoms with Crippen molar-refractivity contribution in [2.24, 2.45) is 17.3 Å². The third-order valence-corrected chi connectivity index (χ3v) is 11.1. The number of hydrogen-bond donors (Lipinski definition) is 6. The molecule has 3 saturated carbocycles. The minimum absolute atomic E-state index is 0.00177. The molecule has 4 heterocycles. The number of carbonyl (C=O) groups is 2. The number of benzene rings is 1. The summed E-state index contributed by atoms with van der Waals surface area (Å²) < 4.78 is 30.5. The number of amides is 1. The molecular weight excluding hydrogens is 644 g/mol. The summed E-state index contributed by atoms with van der Waals surface area (Å²) in [5, 5.41) is 53.4. The molecule has 15 nitrogen and oxygen atoms in total. The van der Waals surface area contributed by atoms with E-state index in [-0.39, 0.29) is 50.5 Å². The number of nitrogens with one attached hydrogen (secondary N) is 1. The molecule has 11 atom stereocenters. The van der Waals surface area contributed by atoms with Gasteiger partial charge < -0.3 is 54.5 Å². The minimum Gasteiger partial charge on any atom is -0.458 e. The number of fused-ring (bicyclic) bond motifs is 4. The fraction of sp³-hybridized carbons (Fsp3) is 0.706. The van der Waals surface area contributed by atoms with E-state index in [4.69, 9.17) is 28.5 Å². The molecule has 0 radical (unpaired) electrons. The number of aliphatic hydroxyl groups is 5. The topological polar surface area (TPSA) is 206 Å². The number of aliphatic hydroxyl groups excluding tert-OH is 5. The Kier molecular flexibility index (Phi) is 8.84. The van der Waals surface area contributed by atoms with Crippen LogP contribution in [0.25, 0.3) is 6.08 Å². The van der Waals surface area contributed by atoms with E-state index in [0.717, 1.165) is 36.8 Å². The molecule has 4 saturated heterocycles.